The lowest BCUT2D eigenvalue weighted by molar-refractivity contribution is -0.134. The third-order valence-electron chi connectivity index (χ3n) is 1.40. The Morgan fingerprint density at radius 1 is 1.46 bits per heavy atom. The van der Waals surface area contributed by atoms with E-state index in [0.29, 0.717) is 15.8 Å². The Bertz CT molecular complexity index is 313. The first-order chi connectivity index (χ1) is 5.95. The first kappa shape index (κ1) is 10.8. The molecule has 0 bridgehead atoms. The maximum atomic E-state index is 12.1. The van der Waals surface area contributed by atoms with Crippen LogP contribution in [0.1, 0.15) is 9.75 Å². The van der Waals surface area contributed by atoms with Gasteiger partial charge in [-0.1, -0.05) is 22.5 Å². The van der Waals surface area contributed by atoms with Crippen molar-refractivity contribution in [1.29, 1.82) is 0 Å². The van der Waals surface area contributed by atoms with E-state index in [-0.39, 0.29) is 0 Å². The van der Waals surface area contributed by atoms with E-state index in [1.165, 1.54) is 6.07 Å². The summed E-state index contributed by atoms with van der Waals surface area (Å²) < 4.78 is 36.4. The highest BCUT2D eigenvalue weighted by Crippen LogP contribution is 2.36. The van der Waals surface area contributed by atoms with E-state index < -0.39 is 11.1 Å². The predicted molar refractivity (Wildman–Crippen MR) is 52.1 cm³/mol. The Morgan fingerprint density at radius 2 is 2.08 bits per heavy atom. The summed E-state index contributed by atoms with van der Waals surface area (Å²) in [6, 6.07) is 2.52. The van der Waals surface area contributed by atoms with Crippen molar-refractivity contribution >= 4 is 32.8 Å². The van der Waals surface area contributed by atoms with Crippen LogP contribution in [0.3, 0.4) is 0 Å². The molecule has 0 saturated heterocycles. The fraction of sp³-hybridized carbons (Fsp3) is 0.250. The van der Waals surface area contributed by atoms with Crippen LogP contribution in [0, 0.1) is 0 Å². The van der Waals surface area contributed by atoms with E-state index in [1.807, 2.05) is 0 Å². The third kappa shape index (κ3) is 2.57. The normalized spacial score (nSPS) is 11.7. The van der Waals surface area contributed by atoms with Crippen molar-refractivity contribution in [2.45, 2.75) is 6.18 Å². The predicted octanol–water partition coefficient (Wildman–Crippen LogP) is 4.18. The molecule has 1 aromatic heterocycles. The van der Waals surface area contributed by atoms with Gasteiger partial charge in [-0.05, 0) is 17.7 Å². The van der Waals surface area contributed by atoms with Crippen LogP contribution >= 0.6 is 27.3 Å². The van der Waals surface area contributed by atoms with Crippen LogP contribution in [0.15, 0.2) is 18.7 Å². The van der Waals surface area contributed by atoms with E-state index in [2.05, 4.69) is 22.5 Å². The van der Waals surface area contributed by atoms with Crippen molar-refractivity contribution in [1.82, 2.24) is 0 Å². The number of hydrogen-bond acceptors (Lipinski definition) is 1. The molecule has 1 aromatic rings. The van der Waals surface area contributed by atoms with Gasteiger partial charge in [0.2, 0.25) is 0 Å². The maximum Gasteiger partial charge on any atom is 0.425 e. The molecular weight excluding hydrogens is 265 g/mol. The van der Waals surface area contributed by atoms with Gasteiger partial charge in [-0.25, -0.2) is 0 Å². The molecular formula is C8H6BrF3S. The van der Waals surface area contributed by atoms with Gasteiger partial charge in [0.25, 0.3) is 0 Å². The number of halogens is 4. The minimum absolute atomic E-state index is 0.491. The molecule has 0 atom stereocenters. The number of rotatable bonds is 2. The van der Waals surface area contributed by atoms with E-state index in [0.717, 1.165) is 17.4 Å². The van der Waals surface area contributed by atoms with Crippen molar-refractivity contribution in [2.75, 3.05) is 5.33 Å². The quantitative estimate of drug-likeness (QED) is 0.708. The topological polar surface area (TPSA) is 0 Å². The lowest BCUT2D eigenvalue weighted by Gasteiger charge is -2.01. The number of allylic oxidation sites excluding steroid dienone is 1. The van der Waals surface area contributed by atoms with E-state index in [9.17, 15) is 13.2 Å². The summed E-state index contributed by atoms with van der Waals surface area (Å²) in [5.41, 5.74) is 0.667. The summed E-state index contributed by atoms with van der Waals surface area (Å²) in [6.45, 7) is 3.64. The number of hydrogen-bond donors (Lipinski definition) is 0. The molecule has 0 N–H and O–H groups in total. The van der Waals surface area contributed by atoms with E-state index in [1.54, 1.807) is 0 Å². The Labute approximate surface area is 86.2 Å². The molecule has 1 heterocycles. The van der Waals surface area contributed by atoms with Gasteiger partial charge < -0.3 is 0 Å². The molecule has 0 unspecified atom stereocenters. The largest absolute Gasteiger partial charge is 0.425 e. The van der Waals surface area contributed by atoms with Crippen molar-refractivity contribution in [3.8, 4) is 0 Å². The second kappa shape index (κ2) is 3.84. The van der Waals surface area contributed by atoms with Crippen LogP contribution in [0.4, 0.5) is 13.2 Å². The minimum Gasteiger partial charge on any atom is -0.165 e. The Kier molecular flexibility index (Phi) is 3.18. The van der Waals surface area contributed by atoms with Crippen molar-refractivity contribution in [3.05, 3.63) is 28.5 Å². The molecule has 0 nitrogen and oxygen atoms in total. The summed E-state index contributed by atoms with van der Waals surface area (Å²) in [5.74, 6) is 0. The van der Waals surface area contributed by atoms with Crippen molar-refractivity contribution in [2.24, 2.45) is 0 Å². The summed E-state index contributed by atoms with van der Waals surface area (Å²) >= 11 is 3.86. The molecule has 0 spiro atoms. The van der Waals surface area contributed by atoms with Gasteiger partial charge in [0.1, 0.15) is 4.88 Å². The SMILES string of the molecule is C=C(CBr)c1ccc(C(F)(F)F)s1. The molecule has 5 heteroatoms. The Morgan fingerprint density at radius 3 is 2.46 bits per heavy atom. The van der Waals surface area contributed by atoms with Gasteiger partial charge in [-0.3, -0.25) is 0 Å². The second-order valence-corrected chi connectivity index (χ2v) is 4.04. The van der Waals surface area contributed by atoms with E-state index >= 15 is 0 Å². The zero-order valence-electron chi connectivity index (χ0n) is 6.49. The highest BCUT2D eigenvalue weighted by molar-refractivity contribution is 9.09. The molecule has 0 amide bonds. The lowest BCUT2D eigenvalue weighted by atomic mass is 10.3. The molecule has 72 valence electrons. The first-order valence-corrected chi connectivity index (χ1v) is 5.30. The molecule has 0 radical (unpaired) electrons. The van der Waals surface area contributed by atoms with Gasteiger partial charge in [0.05, 0.1) is 0 Å². The van der Waals surface area contributed by atoms with Crippen LogP contribution in [0.2, 0.25) is 0 Å². The van der Waals surface area contributed by atoms with Crippen LogP contribution in [-0.4, -0.2) is 5.33 Å². The Balaban J connectivity index is 2.93. The summed E-state index contributed by atoms with van der Waals surface area (Å²) in [6.07, 6.45) is -4.24. The number of alkyl halides is 4. The lowest BCUT2D eigenvalue weighted by Crippen LogP contribution is -2.00. The average Bonchev–Trinajstić information content (AvgIpc) is 2.50. The summed E-state index contributed by atoms with van der Waals surface area (Å²) in [5, 5.41) is 0.491. The summed E-state index contributed by atoms with van der Waals surface area (Å²) in [4.78, 5) is -0.00574. The van der Waals surface area contributed by atoms with Crippen LogP contribution in [0.25, 0.3) is 5.57 Å². The standard InChI is InChI=1S/C8H6BrF3S/c1-5(4-9)6-2-3-7(13-6)8(10,11)12/h2-3H,1,4H2. The van der Waals surface area contributed by atoms with Gasteiger partial charge in [0.15, 0.2) is 0 Å². The molecule has 0 aromatic carbocycles. The third-order valence-corrected chi connectivity index (χ3v) is 3.30. The fourth-order valence-electron chi connectivity index (χ4n) is 0.746. The van der Waals surface area contributed by atoms with Crippen LogP contribution in [0.5, 0.6) is 0 Å². The first-order valence-electron chi connectivity index (χ1n) is 3.36. The van der Waals surface area contributed by atoms with Gasteiger partial charge in [-0.15, -0.1) is 11.3 Å². The monoisotopic (exact) mass is 270 g/mol. The van der Waals surface area contributed by atoms with Gasteiger partial charge in [0, 0.05) is 10.2 Å². The highest BCUT2D eigenvalue weighted by Gasteiger charge is 2.32. The molecule has 0 aliphatic carbocycles. The molecule has 13 heavy (non-hydrogen) atoms. The fourth-order valence-corrected chi connectivity index (χ4v) is 2.08. The Hall–Kier alpha value is -0.290. The smallest absolute Gasteiger partial charge is 0.165 e. The van der Waals surface area contributed by atoms with Crippen LogP contribution in [-0.2, 0) is 6.18 Å². The highest BCUT2D eigenvalue weighted by atomic mass is 79.9. The maximum absolute atomic E-state index is 12.1. The van der Waals surface area contributed by atoms with Gasteiger partial charge >= 0.3 is 6.18 Å². The van der Waals surface area contributed by atoms with Crippen LogP contribution < -0.4 is 0 Å². The molecule has 0 aliphatic rings. The summed E-state index contributed by atoms with van der Waals surface area (Å²) in [7, 11) is 0. The zero-order valence-corrected chi connectivity index (χ0v) is 8.89. The molecule has 0 aliphatic heterocycles. The van der Waals surface area contributed by atoms with Crippen molar-refractivity contribution in [3.63, 3.8) is 0 Å². The minimum atomic E-state index is -4.24. The average molecular weight is 271 g/mol. The second-order valence-electron chi connectivity index (χ2n) is 2.40. The zero-order chi connectivity index (χ0) is 10.1. The number of thiophene rings is 1. The molecule has 1 rings (SSSR count). The van der Waals surface area contributed by atoms with Crippen molar-refractivity contribution < 1.29 is 13.2 Å². The van der Waals surface area contributed by atoms with Gasteiger partial charge in [-0.2, -0.15) is 13.2 Å². The molecule has 0 saturated carbocycles. The van der Waals surface area contributed by atoms with E-state index in [4.69, 9.17) is 0 Å². The molecule has 0 fully saturated rings.